The van der Waals surface area contributed by atoms with Crippen molar-refractivity contribution >= 4 is 5.91 Å². The van der Waals surface area contributed by atoms with E-state index in [9.17, 15) is 4.79 Å². The van der Waals surface area contributed by atoms with Gasteiger partial charge in [-0.3, -0.25) is 4.79 Å². The van der Waals surface area contributed by atoms with Gasteiger partial charge in [0.15, 0.2) is 0 Å². The summed E-state index contributed by atoms with van der Waals surface area (Å²) in [5.41, 5.74) is 0.772. The zero-order valence-corrected chi connectivity index (χ0v) is 12.7. The van der Waals surface area contributed by atoms with Crippen molar-refractivity contribution in [3.8, 4) is 0 Å². The van der Waals surface area contributed by atoms with E-state index >= 15 is 0 Å². The molecule has 0 unspecified atom stereocenters. The molecule has 0 radical (unpaired) electrons. The molecule has 2 N–H and O–H groups in total. The maximum absolute atomic E-state index is 11.8. The van der Waals surface area contributed by atoms with Gasteiger partial charge in [-0.15, -0.1) is 0 Å². The number of hydrogen-bond donors (Lipinski definition) is 2. The Hall–Kier alpha value is -0.610. The summed E-state index contributed by atoms with van der Waals surface area (Å²) in [6.45, 7) is 12.1. The molecule has 0 atom stereocenters. The average Bonchev–Trinajstić information content (AvgIpc) is 2.72. The molecule has 1 saturated heterocycles. The largest absolute Gasteiger partial charge is 0.381 e. The molecule has 1 amide bonds. The number of hydrogen-bond acceptors (Lipinski definition) is 3. The molecule has 4 nitrogen and oxygen atoms in total. The van der Waals surface area contributed by atoms with Crippen LogP contribution in [0, 0.1) is 16.7 Å². The number of ether oxygens (including phenoxy) is 1. The quantitative estimate of drug-likeness (QED) is 0.795. The van der Waals surface area contributed by atoms with Crippen LogP contribution >= 0.6 is 0 Å². The second-order valence-corrected chi connectivity index (χ2v) is 7.08. The van der Waals surface area contributed by atoms with Gasteiger partial charge in [0.05, 0.1) is 6.54 Å². The Morgan fingerprint density at radius 2 is 1.74 bits per heavy atom. The van der Waals surface area contributed by atoms with E-state index in [0.717, 1.165) is 32.6 Å². The van der Waals surface area contributed by atoms with Crippen molar-refractivity contribution in [3.05, 3.63) is 0 Å². The summed E-state index contributed by atoms with van der Waals surface area (Å²) in [5.74, 6) is 0.777. The number of rotatable bonds is 5. The van der Waals surface area contributed by atoms with Gasteiger partial charge in [-0.1, -0.05) is 27.7 Å². The van der Waals surface area contributed by atoms with Gasteiger partial charge >= 0.3 is 0 Å². The van der Waals surface area contributed by atoms with Crippen LogP contribution in [0.3, 0.4) is 0 Å². The molecule has 1 saturated carbocycles. The van der Waals surface area contributed by atoms with Crippen LogP contribution in [0.4, 0.5) is 0 Å². The fourth-order valence-electron chi connectivity index (χ4n) is 3.29. The highest BCUT2D eigenvalue weighted by Crippen LogP contribution is 2.67. The number of carbonyl (C=O) groups excluding carboxylic acids is 1. The van der Waals surface area contributed by atoms with Crippen molar-refractivity contribution < 1.29 is 9.53 Å². The lowest BCUT2D eigenvalue weighted by Gasteiger charge is -2.23. The predicted molar refractivity (Wildman–Crippen MR) is 75.9 cm³/mol. The van der Waals surface area contributed by atoms with Gasteiger partial charge in [-0.25, -0.2) is 0 Å². The van der Waals surface area contributed by atoms with E-state index < -0.39 is 0 Å². The minimum atomic E-state index is 0.114. The molecule has 2 aliphatic rings. The zero-order valence-electron chi connectivity index (χ0n) is 12.7. The van der Waals surface area contributed by atoms with Crippen molar-refractivity contribution in [2.45, 2.75) is 46.6 Å². The minimum absolute atomic E-state index is 0.114. The Kier molecular flexibility index (Phi) is 4.21. The van der Waals surface area contributed by atoms with Gasteiger partial charge in [0.2, 0.25) is 5.91 Å². The molecule has 0 aromatic carbocycles. The Balaban J connectivity index is 1.62. The van der Waals surface area contributed by atoms with E-state index in [1.807, 2.05) is 0 Å². The van der Waals surface area contributed by atoms with Crippen molar-refractivity contribution in [2.24, 2.45) is 16.7 Å². The Morgan fingerprint density at radius 1 is 1.16 bits per heavy atom. The molecule has 0 bridgehead atoms. The molecule has 0 aromatic rings. The normalized spacial score (nSPS) is 26.1. The van der Waals surface area contributed by atoms with Crippen LogP contribution in [0.15, 0.2) is 0 Å². The molecule has 4 heteroatoms. The lowest BCUT2D eigenvalue weighted by Crippen LogP contribution is -2.43. The van der Waals surface area contributed by atoms with Gasteiger partial charge in [-0.05, 0) is 36.1 Å². The molecule has 110 valence electrons. The lowest BCUT2D eigenvalue weighted by molar-refractivity contribution is -0.121. The fraction of sp³-hybridized carbons (Fsp3) is 0.933. The summed E-state index contributed by atoms with van der Waals surface area (Å²) in [6, 6.07) is 0.303. The number of nitrogens with one attached hydrogen (secondary N) is 2. The molecular formula is C15H28N2O2. The van der Waals surface area contributed by atoms with Crippen molar-refractivity contribution in [1.82, 2.24) is 10.6 Å². The Labute approximate surface area is 116 Å². The molecule has 0 aromatic heterocycles. The first-order valence-electron chi connectivity index (χ1n) is 7.43. The maximum atomic E-state index is 11.8. The van der Waals surface area contributed by atoms with Gasteiger partial charge in [-0.2, -0.15) is 0 Å². The molecule has 2 rings (SSSR count). The van der Waals surface area contributed by atoms with Crippen LogP contribution in [-0.4, -0.2) is 38.3 Å². The molecule has 1 aliphatic heterocycles. The first-order chi connectivity index (χ1) is 8.85. The average molecular weight is 268 g/mol. The minimum Gasteiger partial charge on any atom is -0.381 e. The third kappa shape index (κ3) is 3.11. The van der Waals surface area contributed by atoms with E-state index in [4.69, 9.17) is 4.74 Å². The molecule has 0 spiro atoms. The van der Waals surface area contributed by atoms with Gasteiger partial charge < -0.3 is 15.4 Å². The van der Waals surface area contributed by atoms with Crippen molar-refractivity contribution in [1.29, 1.82) is 0 Å². The van der Waals surface area contributed by atoms with E-state index in [1.165, 1.54) is 0 Å². The van der Waals surface area contributed by atoms with Crippen molar-refractivity contribution in [3.63, 3.8) is 0 Å². The summed E-state index contributed by atoms with van der Waals surface area (Å²) in [6.07, 6.45) is 1.88. The van der Waals surface area contributed by atoms with Crippen LogP contribution < -0.4 is 10.6 Å². The molecule has 2 fully saturated rings. The summed E-state index contributed by atoms with van der Waals surface area (Å²) in [7, 11) is 0. The summed E-state index contributed by atoms with van der Waals surface area (Å²) in [4.78, 5) is 11.8. The van der Waals surface area contributed by atoms with Gasteiger partial charge in [0.25, 0.3) is 0 Å². The van der Waals surface area contributed by atoms with Gasteiger partial charge in [0.1, 0.15) is 0 Å². The summed E-state index contributed by atoms with van der Waals surface area (Å²) >= 11 is 0. The van der Waals surface area contributed by atoms with E-state index in [-0.39, 0.29) is 5.91 Å². The van der Waals surface area contributed by atoms with Crippen LogP contribution in [-0.2, 0) is 9.53 Å². The topological polar surface area (TPSA) is 50.4 Å². The van der Waals surface area contributed by atoms with Crippen LogP contribution in [0.1, 0.15) is 40.5 Å². The number of amides is 1. The number of carbonyl (C=O) groups is 1. The second kappa shape index (κ2) is 5.41. The first-order valence-corrected chi connectivity index (χ1v) is 7.43. The van der Waals surface area contributed by atoms with E-state index in [1.54, 1.807) is 0 Å². The molecule has 19 heavy (non-hydrogen) atoms. The van der Waals surface area contributed by atoms with Crippen LogP contribution in [0.2, 0.25) is 0 Å². The standard InChI is InChI=1S/C15H28N2O2/c1-14(2)12(15(14,3)4)9-16-10-13(18)17-11-5-7-19-8-6-11/h11-12,16H,5-10H2,1-4H3,(H,17,18). The van der Waals surface area contributed by atoms with Crippen LogP contribution in [0.5, 0.6) is 0 Å². The second-order valence-electron chi connectivity index (χ2n) is 7.08. The molecular weight excluding hydrogens is 240 g/mol. The van der Waals surface area contributed by atoms with Gasteiger partial charge in [0, 0.05) is 19.3 Å². The summed E-state index contributed by atoms with van der Waals surface area (Å²) < 4.78 is 5.28. The lowest BCUT2D eigenvalue weighted by atomic mass is 10.0. The van der Waals surface area contributed by atoms with E-state index in [2.05, 4.69) is 38.3 Å². The highest BCUT2D eigenvalue weighted by atomic mass is 16.5. The zero-order chi connectivity index (χ0) is 14.1. The van der Waals surface area contributed by atoms with Crippen molar-refractivity contribution in [2.75, 3.05) is 26.3 Å². The highest BCUT2D eigenvalue weighted by molar-refractivity contribution is 5.78. The third-order valence-electron chi connectivity index (χ3n) is 5.54. The maximum Gasteiger partial charge on any atom is 0.234 e. The molecule has 1 aliphatic carbocycles. The fourth-order valence-corrected chi connectivity index (χ4v) is 3.29. The smallest absolute Gasteiger partial charge is 0.234 e. The Morgan fingerprint density at radius 3 is 2.26 bits per heavy atom. The highest BCUT2D eigenvalue weighted by Gasteiger charge is 2.63. The summed E-state index contributed by atoms with van der Waals surface area (Å²) in [5, 5.41) is 6.38. The molecule has 1 heterocycles. The van der Waals surface area contributed by atoms with Crippen LogP contribution in [0.25, 0.3) is 0 Å². The SMILES string of the molecule is CC1(C)C(CNCC(=O)NC2CCOCC2)C1(C)C. The third-order valence-corrected chi connectivity index (χ3v) is 5.54. The Bertz CT molecular complexity index is 319. The first kappa shape index (κ1) is 14.8. The monoisotopic (exact) mass is 268 g/mol. The predicted octanol–water partition coefficient (Wildman–Crippen LogP) is 1.55. The van der Waals surface area contributed by atoms with E-state index in [0.29, 0.717) is 29.3 Å².